The van der Waals surface area contributed by atoms with Gasteiger partial charge in [0.25, 0.3) is 0 Å². The van der Waals surface area contributed by atoms with E-state index in [1.54, 1.807) is 0 Å². The molecule has 0 aliphatic rings. The Bertz CT molecular complexity index is 129. The van der Waals surface area contributed by atoms with Crippen molar-refractivity contribution < 1.29 is 4.79 Å². The molecule has 2 heteroatoms. The van der Waals surface area contributed by atoms with Gasteiger partial charge in [-0.3, -0.25) is 4.79 Å². The van der Waals surface area contributed by atoms with Gasteiger partial charge >= 0.3 is 0 Å². The summed E-state index contributed by atoms with van der Waals surface area (Å²) in [5, 5.41) is 0. The molecule has 9 heavy (non-hydrogen) atoms. The van der Waals surface area contributed by atoms with E-state index in [4.69, 9.17) is 11.6 Å². The SMILES string of the molecule is C=C(C)C(C)C(=O)CCl. The summed E-state index contributed by atoms with van der Waals surface area (Å²) in [6.45, 7) is 7.29. The lowest BCUT2D eigenvalue weighted by Crippen LogP contribution is -2.12. The highest BCUT2D eigenvalue weighted by Gasteiger charge is 2.10. The summed E-state index contributed by atoms with van der Waals surface area (Å²) >= 11 is 5.30. The van der Waals surface area contributed by atoms with E-state index in [9.17, 15) is 4.79 Å². The van der Waals surface area contributed by atoms with Crippen LogP contribution in [0, 0.1) is 5.92 Å². The molecule has 0 radical (unpaired) electrons. The molecule has 0 N–H and O–H groups in total. The van der Waals surface area contributed by atoms with Crippen molar-refractivity contribution in [1.29, 1.82) is 0 Å². The third-order valence-electron chi connectivity index (χ3n) is 1.35. The highest BCUT2D eigenvalue weighted by molar-refractivity contribution is 6.28. The zero-order chi connectivity index (χ0) is 7.44. The molecule has 1 nitrogen and oxygen atoms in total. The summed E-state index contributed by atoms with van der Waals surface area (Å²) < 4.78 is 0. The van der Waals surface area contributed by atoms with E-state index >= 15 is 0 Å². The van der Waals surface area contributed by atoms with Gasteiger partial charge in [-0.15, -0.1) is 11.6 Å². The summed E-state index contributed by atoms with van der Waals surface area (Å²) in [5.41, 5.74) is 0.876. The van der Waals surface area contributed by atoms with Crippen LogP contribution in [0.2, 0.25) is 0 Å². The predicted molar refractivity (Wildman–Crippen MR) is 39.7 cm³/mol. The largest absolute Gasteiger partial charge is 0.298 e. The first kappa shape index (κ1) is 8.70. The third kappa shape index (κ3) is 2.66. The van der Waals surface area contributed by atoms with Gasteiger partial charge in [0.05, 0.1) is 5.88 Å². The number of ketones is 1. The van der Waals surface area contributed by atoms with Crippen molar-refractivity contribution in [2.75, 3.05) is 5.88 Å². The Kier molecular flexibility index (Phi) is 3.55. The summed E-state index contributed by atoms with van der Waals surface area (Å²) in [6, 6.07) is 0. The fraction of sp³-hybridized carbons (Fsp3) is 0.571. The van der Waals surface area contributed by atoms with Gasteiger partial charge in [-0.25, -0.2) is 0 Å². The molecule has 0 aliphatic heterocycles. The van der Waals surface area contributed by atoms with Crippen molar-refractivity contribution in [2.24, 2.45) is 5.92 Å². The quantitative estimate of drug-likeness (QED) is 0.440. The zero-order valence-corrected chi connectivity index (χ0v) is 6.53. The van der Waals surface area contributed by atoms with E-state index in [-0.39, 0.29) is 17.6 Å². The molecule has 0 amide bonds. The molecule has 0 aromatic carbocycles. The van der Waals surface area contributed by atoms with Crippen LogP contribution in [0.25, 0.3) is 0 Å². The fourth-order valence-corrected chi connectivity index (χ4v) is 0.622. The van der Waals surface area contributed by atoms with Gasteiger partial charge in [-0.2, -0.15) is 0 Å². The molecular weight excluding hydrogens is 136 g/mol. The topological polar surface area (TPSA) is 17.1 Å². The minimum Gasteiger partial charge on any atom is -0.298 e. The molecule has 0 aromatic rings. The molecule has 0 rings (SSSR count). The van der Waals surface area contributed by atoms with Gasteiger partial charge in [-0.05, 0) is 6.92 Å². The van der Waals surface area contributed by atoms with Crippen LogP contribution in [-0.2, 0) is 4.79 Å². The van der Waals surface area contributed by atoms with Crippen molar-refractivity contribution >= 4 is 17.4 Å². The van der Waals surface area contributed by atoms with Crippen LogP contribution in [0.1, 0.15) is 13.8 Å². The Morgan fingerprint density at radius 2 is 2.22 bits per heavy atom. The van der Waals surface area contributed by atoms with Crippen LogP contribution in [0.5, 0.6) is 0 Å². The third-order valence-corrected chi connectivity index (χ3v) is 1.62. The van der Waals surface area contributed by atoms with Crippen LogP contribution in [-0.4, -0.2) is 11.7 Å². The van der Waals surface area contributed by atoms with E-state index in [2.05, 4.69) is 6.58 Å². The van der Waals surface area contributed by atoms with Crippen molar-refractivity contribution in [3.8, 4) is 0 Å². The number of rotatable bonds is 3. The zero-order valence-electron chi connectivity index (χ0n) is 5.78. The molecule has 0 bridgehead atoms. The standard InChI is InChI=1S/C7H11ClO/c1-5(2)6(3)7(9)4-8/h6H,1,4H2,2-3H3. The molecule has 0 saturated carbocycles. The minimum absolute atomic E-state index is 0.0455. The van der Waals surface area contributed by atoms with E-state index in [1.807, 2.05) is 13.8 Å². The molecule has 0 saturated heterocycles. The Hall–Kier alpha value is -0.300. The summed E-state index contributed by atoms with van der Waals surface area (Å²) in [5.74, 6) is 0.0558. The maximum atomic E-state index is 10.8. The second kappa shape index (κ2) is 3.67. The van der Waals surface area contributed by atoms with Gasteiger partial charge in [0.1, 0.15) is 0 Å². The molecule has 0 fully saturated rings. The number of carbonyl (C=O) groups excluding carboxylic acids is 1. The maximum Gasteiger partial charge on any atom is 0.154 e. The first-order valence-electron chi connectivity index (χ1n) is 2.83. The monoisotopic (exact) mass is 146 g/mol. The smallest absolute Gasteiger partial charge is 0.154 e. The van der Waals surface area contributed by atoms with Gasteiger partial charge in [0.2, 0.25) is 0 Å². The van der Waals surface area contributed by atoms with Crippen LogP contribution in [0.15, 0.2) is 12.2 Å². The Morgan fingerprint density at radius 3 is 2.33 bits per heavy atom. The lowest BCUT2D eigenvalue weighted by atomic mass is 10.0. The Balaban J connectivity index is 3.88. The lowest BCUT2D eigenvalue weighted by Gasteiger charge is -2.05. The number of Topliss-reactive ketones (excluding diaryl/α,β-unsaturated/α-hetero) is 1. The van der Waals surface area contributed by atoms with Crippen LogP contribution in [0.4, 0.5) is 0 Å². The predicted octanol–water partition coefficient (Wildman–Crippen LogP) is 2.01. The molecule has 0 aliphatic carbocycles. The van der Waals surface area contributed by atoms with Crippen molar-refractivity contribution in [3.05, 3.63) is 12.2 Å². The van der Waals surface area contributed by atoms with Crippen molar-refractivity contribution in [2.45, 2.75) is 13.8 Å². The summed E-state index contributed by atoms with van der Waals surface area (Å²) in [4.78, 5) is 10.8. The molecule has 1 unspecified atom stereocenters. The number of alkyl halides is 1. The summed E-state index contributed by atoms with van der Waals surface area (Å²) in [7, 11) is 0. The number of allylic oxidation sites excluding steroid dienone is 1. The number of carbonyl (C=O) groups is 1. The molecule has 0 spiro atoms. The highest BCUT2D eigenvalue weighted by Crippen LogP contribution is 2.08. The second-order valence-corrected chi connectivity index (χ2v) is 2.44. The molecule has 0 aromatic heterocycles. The van der Waals surface area contributed by atoms with Gasteiger partial charge in [0.15, 0.2) is 5.78 Å². The van der Waals surface area contributed by atoms with Crippen molar-refractivity contribution in [1.82, 2.24) is 0 Å². The van der Waals surface area contributed by atoms with Crippen LogP contribution < -0.4 is 0 Å². The second-order valence-electron chi connectivity index (χ2n) is 2.17. The average molecular weight is 147 g/mol. The first-order chi connectivity index (χ1) is 4.09. The van der Waals surface area contributed by atoms with E-state index in [0.717, 1.165) is 5.57 Å². The molecular formula is C7H11ClO. The summed E-state index contributed by atoms with van der Waals surface area (Å²) in [6.07, 6.45) is 0. The number of halogens is 1. The average Bonchev–Trinajstić information content (AvgIpc) is 1.84. The van der Waals surface area contributed by atoms with Crippen molar-refractivity contribution in [3.63, 3.8) is 0 Å². The Labute approximate surface area is 60.7 Å². The number of hydrogen-bond donors (Lipinski definition) is 0. The first-order valence-corrected chi connectivity index (χ1v) is 3.37. The molecule has 0 heterocycles. The lowest BCUT2D eigenvalue weighted by molar-refractivity contribution is -0.118. The maximum absolute atomic E-state index is 10.8. The van der Waals surface area contributed by atoms with Crippen LogP contribution >= 0.6 is 11.6 Å². The van der Waals surface area contributed by atoms with Gasteiger partial charge in [-0.1, -0.05) is 19.1 Å². The van der Waals surface area contributed by atoms with E-state index < -0.39 is 0 Å². The normalized spacial score (nSPS) is 12.8. The number of hydrogen-bond acceptors (Lipinski definition) is 1. The van der Waals surface area contributed by atoms with Gasteiger partial charge < -0.3 is 0 Å². The van der Waals surface area contributed by atoms with E-state index in [0.29, 0.717) is 0 Å². The minimum atomic E-state index is -0.0810. The van der Waals surface area contributed by atoms with Crippen LogP contribution in [0.3, 0.4) is 0 Å². The van der Waals surface area contributed by atoms with Gasteiger partial charge in [0, 0.05) is 5.92 Å². The highest BCUT2D eigenvalue weighted by atomic mass is 35.5. The fourth-order valence-electron chi connectivity index (χ4n) is 0.391. The molecule has 52 valence electrons. The molecule has 1 atom stereocenters. The Morgan fingerprint density at radius 1 is 1.78 bits per heavy atom. The van der Waals surface area contributed by atoms with E-state index in [1.165, 1.54) is 0 Å².